The quantitative estimate of drug-likeness (QED) is 0.437. The molecule has 5 nitrogen and oxygen atoms in total. The molecule has 0 saturated carbocycles. The van der Waals surface area contributed by atoms with Crippen molar-refractivity contribution in [1.82, 2.24) is 5.32 Å². The lowest BCUT2D eigenvalue weighted by atomic mass is 10.2. The van der Waals surface area contributed by atoms with Gasteiger partial charge in [0.2, 0.25) is 0 Å². The fourth-order valence-electron chi connectivity index (χ4n) is 1.12. The predicted molar refractivity (Wildman–Crippen MR) is 56.7 cm³/mol. The van der Waals surface area contributed by atoms with Gasteiger partial charge in [0.1, 0.15) is 0 Å². The van der Waals surface area contributed by atoms with E-state index >= 15 is 0 Å². The second kappa shape index (κ2) is 6.10. The number of nitrogens with zero attached hydrogens (tertiary/aromatic N) is 1. The third-order valence-electron chi connectivity index (χ3n) is 1.89. The highest BCUT2D eigenvalue weighted by Crippen LogP contribution is 2.13. The summed E-state index contributed by atoms with van der Waals surface area (Å²) in [5.41, 5.74) is 0.921. The number of hydrogen-bond acceptors (Lipinski definition) is 4. The first-order valence-corrected chi connectivity index (χ1v) is 4.69. The molecule has 1 aromatic rings. The molecule has 0 aliphatic rings. The normalized spacial score (nSPS) is 10.2. The second-order valence-electron chi connectivity index (χ2n) is 3.08. The predicted octanol–water partition coefficient (Wildman–Crippen LogP) is 1.33. The minimum Gasteiger partial charge on any atom is -0.375 e. The molecule has 0 fully saturated rings. The van der Waals surface area contributed by atoms with Crippen LogP contribution in [0, 0.1) is 10.1 Å². The van der Waals surface area contributed by atoms with Crippen molar-refractivity contribution in [1.29, 1.82) is 0 Å². The molecule has 82 valence electrons. The van der Waals surface area contributed by atoms with Gasteiger partial charge in [-0.25, -0.2) is 0 Å². The first-order chi connectivity index (χ1) is 7.24. The van der Waals surface area contributed by atoms with Crippen molar-refractivity contribution in [3.8, 4) is 0 Å². The minimum absolute atomic E-state index is 0.102. The average molecular weight is 210 g/mol. The van der Waals surface area contributed by atoms with Gasteiger partial charge in [0.25, 0.3) is 5.69 Å². The summed E-state index contributed by atoms with van der Waals surface area (Å²) < 4.78 is 5.31. The van der Waals surface area contributed by atoms with E-state index in [9.17, 15) is 10.1 Å². The van der Waals surface area contributed by atoms with E-state index in [2.05, 4.69) is 5.32 Å². The molecule has 1 N–H and O–H groups in total. The van der Waals surface area contributed by atoms with Crippen LogP contribution in [0.1, 0.15) is 5.56 Å². The topological polar surface area (TPSA) is 64.4 Å². The van der Waals surface area contributed by atoms with E-state index in [1.165, 1.54) is 12.1 Å². The largest absolute Gasteiger partial charge is 0.375 e. The summed E-state index contributed by atoms with van der Waals surface area (Å²) in [6.07, 6.45) is 0. The van der Waals surface area contributed by atoms with Crippen LogP contribution in [0.2, 0.25) is 0 Å². The van der Waals surface area contributed by atoms with Crippen molar-refractivity contribution in [2.45, 2.75) is 6.61 Å². The van der Waals surface area contributed by atoms with Crippen LogP contribution in [-0.2, 0) is 11.3 Å². The Morgan fingerprint density at radius 2 is 2.33 bits per heavy atom. The number of likely N-dealkylation sites (N-methyl/N-ethyl adjacent to an activating group) is 1. The van der Waals surface area contributed by atoms with Crippen molar-refractivity contribution in [2.24, 2.45) is 0 Å². The van der Waals surface area contributed by atoms with E-state index in [0.717, 1.165) is 12.1 Å². The molecule has 0 aromatic heterocycles. The van der Waals surface area contributed by atoms with Gasteiger partial charge in [0, 0.05) is 18.7 Å². The van der Waals surface area contributed by atoms with Gasteiger partial charge in [-0.15, -0.1) is 0 Å². The Hall–Kier alpha value is -1.46. The molecule has 0 aliphatic carbocycles. The zero-order chi connectivity index (χ0) is 11.1. The summed E-state index contributed by atoms with van der Waals surface area (Å²) in [6.45, 7) is 1.78. The van der Waals surface area contributed by atoms with E-state index in [0.29, 0.717) is 13.2 Å². The number of hydrogen-bond donors (Lipinski definition) is 1. The molecule has 5 heteroatoms. The number of rotatable bonds is 6. The van der Waals surface area contributed by atoms with Gasteiger partial charge in [-0.2, -0.15) is 0 Å². The monoisotopic (exact) mass is 210 g/mol. The Morgan fingerprint density at radius 1 is 1.53 bits per heavy atom. The van der Waals surface area contributed by atoms with Crippen LogP contribution < -0.4 is 5.32 Å². The third-order valence-corrected chi connectivity index (χ3v) is 1.89. The van der Waals surface area contributed by atoms with Gasteiger partial charge in [-0.05, 0) is 12.6 Å². The lowest BCUT2D eigenvalue weighted by molar-refractivity contribution is -0.384. The summed E-state index contributed by atoms with van der Waals surface area (Å²) in [5, 5.41) is 13.4. The number of nitro benzene ring substituents is 1. The molecule has 0 unspecified atom stereocenters. The van der Waals surface area contributed by atoms with Crippen LogP contribution in [0.15, 0.2) is 24.3 Å². The fraction of sp³-hybridized carbons (Fsp3) is 0.400. The molecule has 0 heterocycles. The molecule has 0 saturated heterocycles. The summed E-state index contributed by atoms with van der Waals surface area (Å²) >= 11 is 0. The maximum atomic E-state index is 10.5. The fourth-order valence-corrected chi connectivity index (χ4v) is 1.12. The number of nitrogens with one attached hydrogen (secondary N) is 1. The minimum atomic E-state index is -0.406. The number of non-ortho nitro benzene ring substituents is 1. The van der Waals surface area contributed by atoms with Crippen LogP contribution in [0.5, 0.6) is 0 Å². The highest BCUT2D eigenvalue weighted by atomic mass is 16.6. The summed E-state index contributed by atoms with van der Waals surface area (Å²) in [4.78, 5) is 10.1. The van der Waals surface area contributed by atoms with Gasteiger partial charge in [0.05, 0.1) is 18.1 Å². The summed E-state index contributed by atoms with van der Waals surface area (Å²) in [6, 6.07) is 6.47. The average Bonchev–Trinajstić information content (AvgIpc) is 2.25. The zero-order valence-corrected chi connectivity index (χ0v) is 8.60. The lowest BCUT2D eigenvalue weighted by Gasteiger charge is -2.03. The first-order valence-electron chi connectivity index (χ1n) is 4.69. The van der Waals surface area contributed by atoms with Gasteiger partial charge in [0.15, 0.2) is 0 Å². The van der Waals surface area contributed by atoms with Crippen LogP contribution in [0.4, 0.5) is 5.69 Å². The standard InChI is InChI=1S/C10H14N2O3/c1-11-5-6-15-8-9-3-2-4-10(7-9)12(13)14/h2-4,7,11H,5-6,8H2,1H3. The van der Waals surface area contributed by atoms with E-state index < -0.39 is 4.92 Å². The van der Waals surface area contributed by atoms with Crippen LogP contribution in [0.25, 0.3) is 0 Å². The van der Waals surface area contributed by atoms with E-state index in [1.54, 1.807) is 6.07 Å². The van der Waals surface area contributed by atoms with Gasteiger partial charge >= 0.3 is 0 Å². The summed E-state index contributed by atoms with van der Waals surface area (Å²) in [7, 11) is 1.84. The Kier molecular flexibility index (Phi) is 4.73. The van der Waals surface area contributed by atoms with Gasteiger partial charge in [-0.1, -0.05) is 12.1 Å². The van der Waals surface area contributed by atoms with Crippen molar-refractivity contribution >= 4 is 5.69 Å². The Bertz CT molecular complexity index is 328. The molecule has 0 atom stereocenters. The second-order valence-corrected chi connectivity index (χ2v) is 3.08. The Labute approximate surface area is 88.2 Å². The van der Waals surface area contributed by atoms with E-state index in [1.807, 2.05) is 13.1 Å². The molecule has 1 aromatic carbocycles. The number of nitro groups is 1. The van der Waals surface area contributed by atoms with Crippen molar-refractivity contribution in [3.05, 3.63) is 39.9 Å². The highest BCUT2D eigenvalue weighted by molar-refractivity contribution is 5.33. The molecule has 0 aliphatic heterocycles. The smallest absolute Gasteiger partial charge is 0.269 e. The lowest BCUT2D eigenvalue weighted by Crippen LogP contribution is -2.14. The SMILES string of the molecule is CNCCOCc1cccc([N+](=O)[O-])c1. The first kappa shape index (κ1) is 11.6. The Morgan fingerprint density at radius 3 is 3.00 bits per heavy atom. The maximum absolute atomic E-state index is 10.5. The highest BCUT2D eigenvalue weighted by Gasteiger charge is 2.04. The molecule has 15 heavy (non-hydrogen) atoms. The van der Waals surface area contributed by atoms with Crippen LogP contribution in [0.3, 0.4) is 0 Å². The number of benzene rings is 1. The molecular weight excluding hydrogens is 196 g/mol. The molecule has 0 amide bonds. The Balaban J connectivity index is 2.47. The van der Waals surface area contributed by atoms with Crippen LogP contribution >= 0.6 is 0 Å². The van der Waals surface area contributed by atoms with Crippen molar-refractivity contribution < 1.29 is 9.66 Å². The molecular formula is C10H14N2O3. The third kappa shape index (κ3) is 4.05. The molecule has 0 bridgehead atoms. The maximum Gasteiger partial charge on any atom is 0.269 e. The van der Waals surface area contributed by atoms with Crippen molar-refractivity contribution in [2.75, 3.05) is 20.2 Å². The molecule has 0 spiro atoms. The van der Waals surface area contributed by atoms with E-state index in [-0.39, 0.29) is 5.69 Å². The van der Waals surface area contributed by atoms with E-state index in [4.69, 9.17) is 4.74 Å². The van der Waals surface area contributed by atoms with Gasteiger partial charge < -0.3 is 10.1 Å². The van der Waals surface area contributed by atoms with Crippen molar-refractivity contribution in [3.63, 3.8) is 0 Å². The van der Waals surface area contributed by atoms with Crippen LogP contribution in [-0.4, -0.2) is 25.1 Å². The zero-order valence-electron chi connectivity index (χ0n) is 8.60. The van der Waals surface area contributed by atoms with Gasteiger partial charge in [-0.3, -0.25) is 10.1 Å². The molecule has 0 radical (unpaired) electrons. The molecule has 1 rings (SSSR count). The number of ether oxygens (including phenoxy) is 1. The summed E-state index contributed by atoms with van der Waals surface area (Å²) in [5.74, 6) is 0.